The molecule has 25 heavy (non-hydrogen) atoms. The lowest BCUT2D eigenvalue weighted by atomic mass is 9.89. The first-order chi connectivity index (χ1) is 12.2. The molecular weight excluding hydrogens is 318 g/mol. The number of amides is 2. The fraction of sp³-hybridized carbons (Fsp3) is 0.316. The van der Waals surface area contributed by atoms with Gasteiger partial charge >= 0.3 is 6.03 Å². The third-order valence-electron chi connectivity index (χ3n) is 4.42. The topological polar surface area (TPSA) is 71.5 Å². The summed E-state index contributed by atoms with van der Waals surface area (Å²) in [6.07, 6.45) is 2.95. The number of urea groups is 1. The van der Waals surface area contributed by atoms with Crippen molar-refractivity contribution in [3.8, 4) is 5.88 Å². The zero-order valence-corrected chi connectivity index (χ0v) is 14.1. The van der Waals surface area contributed by atoms with Gasteiger partial charge in [-0.3, -0.25) is 4.79 Å². The molecule has 2 aromatic rings. The number of likely N-dealkylation sites (tertiary alicyclic amines) is 1. The molecule has 1 fully saturated rings. The molecule has 1 N–H and O–H groups in total. The van der Waals surface area contributed by atoms with Crippen LogP contribution in [0.15, 0.2) is 48.7 Å². The van der Waals surface area contributed by atoms with E-state index in [1.165, 1.54) is 7.11 Å². The van der Waals surface area contributed by atoms with Crippen LogP contribution < -0.4 is 10.1 Å². The van der Waals surface area contributed by atoms with E-state index in [1.807, 2.05) is 30.3 Å². The smallest absolute Gasteiger partial charge is 0.321 e. The van der Waals surface area contributed by atoms with E-state index in [9.17, 15) is 9.59 Å². The van der Waals surface area contributed by atoms with Crippen molar-refractivity contribution in [2.45, 2.75) is 12.8 Å². The van der Waals surface area contributed by atoms with E-state index in [0.717, 1.165) is 5.56 Å². The number of rotatable bonds is 4. The molecule has 0 bridgehead atoms. The summed E-state index contributed by atoms with van der Waals surface area (Å²) in [4.78, 5) is 30.7. The molecule has 1 aromatic heterocycles. The molecule has 0 spiro atoms. The quantitative estimate of drug-likeness (QED) is 0.868. The average molecular weight is 339 g/mol. The van der Waals surface area contributed by atoms with Crippen LogP contribution in [0.25, 0.3) is 0 Å². The molecule has 1 aliphatic heterocycles. The summed E-state index contributed by atoms with van der Waals surface area (Å²) >= 11 is 0. The summed E-state index contributed by atoms with van der Waals surface area (Å²) in [5.41, 5.74) is 1.28. The summed E-state index contributed by atoms with van der Waals surface area (Å²) in [7, 11) is 1.51. The van der Waals surface area contributed by atoms with Gasteiger partial charge in [0.2, 0.25) is 5.88 Å². The van der Waals surface area contributed by atoms with E-state index in [1.54, 1.807) is 23.2 Å². The predicted octanol–water partition coefficient (Wildman–Crippen LogP) is 3.22. The third-order valence-corrected chi connectivity index (χ3v) is 4.42. The zero-order valence-electron chi connectivity index (χ0n) is 14.1. The van der Waals surface area contributed by atoms with E-state index in [0.29, 0.717) is 37.5 Å². The summed E-state index contributed by atoms with van der Waals surface area (Å²) in [6.45, 7) is 1.11. The Labute approximate surface area is 146 Å². The number of ketones is 1. The van der Waals surface area contributed by atoms with Gasteiger partial charge in [0.1, 0.15) is 5.69 Å². The second-order valence-corrected chi connectivity index (χ2v) is 5.98. The van der Waals surface area contributed by atoms with Crippen LogP contribution in [0.1, 0.15) is 23.2 Å². The molecule has 1 aliphatic rings. The minimum absolute atomic E-state index is 0.0284. The van der Waals surface area contributed by atoms with Crippen molar-refractivity contribution in [1.82, 2.24) is 9.88 Å². The van der Waals surface area contributed by atoms with Crippen molar-refractivity contribution >= 4 is 17.5 Å². The number of carbonyl (C=O) groups is 2. The normalized spacial score (nSPS) is 14.8. The molecule has 130 valence electrons. The van der Waals surface area contributed by atoms with E-state index >= 15 is 0 Å². The monoisotopic (exact) mass is 339 g/mol. The number of aromatic nitrogens is 1. The highest BCUT2D eigenvalue weighted by Gasteiger charge is 2.28. The number of pyridine rings is 1. The number of benzene rings is 1. The number of piperidine rings is 1. The van der Waals surface area contributed by atoms with Crippen molar-refractivity contribution < 1.29 is 14.3 Å². The van der Waals surface area contributed by atoms with Gasteiger partial charge in [-0.25, -0.2) is 9.78 Å². The van der Waals surface area contributed by atoms with E-state index in [4.69, 9.17) is 4.74 Å². The summed E-state index contributed by atoms with van der Waals surface area (Å²) in [5.74, 6) is 0.513. The van der Waals surface area contributed by atoms with Crippen LogP contribution in [-0.4, -0.2) is 41.9 Å². The van der Waals surface area contributed by atoms with Crippen LogP contribution in [-0.2, 0) is 0 Å². The van der Waals surface area contributed by atoms with E-state index in [2.05, 4.69) is 10.3 Å². The van der Waals surface area contributed by atoms with Crippen LogP contribution in [0.3, 0.4) is 0 Å². The average Bonchev–Trinajstić information content (AvgIpc) is 2.68. The molecule has 0 aliphatic carbocycles. The maximum Gasteiger partial charge on any atom is 0.321 e. The fourth-order valence-corrected chi connectivity index (χ4v) is 3.03. The number of anilines is 1. The van der Waals surface area contributed by atoms with Crippen LogP contribution in [0.4, 0.5) is 10.5 Å². The molecule has 0 atom stereocenters. The molecule has 2 amide bonds. The van der Waals surface area contributed by atoms with Crippen molar-refractivity contribution in [2.24, 2.45) is 5.92 Å². The molecule has 2 heterocycles. The number of hydrogen-bond donors (Lipinski definition) is 1. The van der Waals surface area contributed by atoms with Gasteiger partial charge in [-0.05, 0) is 25.0 Å². The first kappa shape index (κ1) is 17.0. The molecule has 6 heteroatoms. The van der Waals surface area contributed by atoms with Gasteiger partial charge in [-0.1, -0.05) is 30.3 Å². The Bertz CT molecular complexity index is 741. The Morgan fingerprint density at radius 3 is 2.52 bits per heavy atom. The fourth-order valence-electron chi connectivity index (χ4n) is 3.03. The van der Waals surface area contributed by atoms with E-state index in [-0.39, 0.29) is 17.7 Å². The number of methoxy groups -OCH3 is 1. The van der Waals surface area contributed by atoms with Crippen LogP contribution >= 0.6 is 0 Å². The number of ether oxygens (including phenoxy) is 1. The number of carbonyl (C=O) groups excluding carboxylic acids is 2. The van der Waals surface area contributed by atoms with Crippen molar-refractivity contribution in [3.05, 3.63) is 54.2 Å². The SMILES string of the molecule is COc1ncccc1NC(=O)N1CCC(C(=O)c2ccccc2)CC1. The van der Waals surface area contributed by atoms with Crippen molar-refractivity contribution in [2.75, 3.05) is 25.5 Å². The first-order valence-corrected chi connectivity index (χ1v) is 8.33. The Hall–Kier alpha value is -2.89. The van der Waals surface area contributed by atoms with Gasteiger partial charge in [-0.15, -0.1) is 0 Å². The molecule has 0 radical (unpaired) electrons. The predicted molar refractivity (Wildman–Crippen MR) is 94.9 cm³/mol. The van der Waals surface area contributed by atoms with Crippen LogP contribution in [0, 0.1) is 5.92 Å². The number of hydrogen-bond acceptors (Lipinski definition) is 4. The lowest BCUT2D eigenvalue weighted by Crippen LogP contribution is -2.42. The van der Waals surface area contributed by atoms with Crippen molar-refractivity contribution in [1.29, 1.82) is 0 Å². The Morgan fingerprint density at radius 2 is 1.84 bits per heavy atom. The number of Topliss-reactive ketones (excluding diaryl/α,β-unsaturated/α-hetero) is 1. The summed E-state index contributed by atoms with van der Waals surface area (Å²) < 4.78 is 5.14. The second kappa shape index (κ2) is 7.79. The highest BCUT2D eigenvalue weighted by molar-refractivity contribution is 5.98. The third kappa shape index (κ3) is 3.96. The maximum atomic E-state index is 12.5. The Morgan fingerprint density at radius 1 is 1.12 bits per heavy atom. The lowest BCUT2D eigenvalue weighted by molar-refractivity contribution is 0.0859. The molecule has 1 saturated heterocycles. The van der Waals surface area contributed by atoms with Gasteiger partial charge < -0.3 is 15.0 Å². The van der Waals surface area contributed by atoms with Gasteiger partial charge in [-0.2, -0.15) is 0 Å². The zero-order chi connectivity index (χ0) is 17.6. The van der Waals surface area contributed by atoms with Gasteiger partial charge in [0.05, 0.1) is 7.11 Å². The largest absolute Gasteiger partial charge is 0.480 e. The molecular formula is C19H21N3O3. The summed E-state index contributed by atoms with van der Waals surface area (Å²) in [5, 5.41) is 2.82. The number of nitrogens with zero attached hydrogens (tertiary/aromatic N) is 2. The van der Waals surface area contributed by atoms with Crippen molar-refractivity contribution in [3.63, 3.8) is 0 Å². The lowest BCUT2D eigenvalue weighted by Gasteiger charge is -2.31. The van der Waals surface area contributed by atoms with Crippen LogP contribution in [0.5, 0.6) is 5.88 Å². The van der Waals surface area contributed by atoms with Gasteiger partial charge in [0.15, 0.2) is 5.78 Å². The maximum absolute atomic E-state index is 12.5. The molecule has 3 rings (SSSR count). The first-order valence-electron chi connectivity index (χ1n) is 8.33. The number of nitrogens with one attached hydrogen (secondary N) is 1. The van der Waals surface area contributed by atoms with Gasteiger partial charge in [0, 0.05) is 30.8 Å². The second-order valence-electron chi connectivity index (χ2n) is 5.98. The molecule has 0 unspecified atom stereocenters. The molecule has 0 saturated carbocycles. The minimum atomic E-state index is -0.197. The highest BCUT2D eigenvalue weighted by atomic mass is 16.5. The molecule has 6 nitrogen and oxygen atoms in total. The summed E-state index contributed by atoms with van der Waals surface area (Å²) in [6, 6.07) is 12.6. The van der Waals surface area contributed by atoms with Crippen LogP contribution in [0.2, 0.25) is 0 Å². The minimum Gasteiger partial charge on any atom is -0.480 e. The standard InChI is InChI=1S/C19H21N3O3/c1-25-18-16(8-5-11-20-18)21-19(24)22-12-9-15(10-13-22)17(23)14-6-3-2-4-7-14/h2-8,11,15H,9-10,12-13H2,1H3,(H,21,24). The van der Waals surface area contributed by atoms with E-state index < -0.39 is 0 Å². The Kier molecular flexibility index (Phi) is 5.28. The van der Waals surface area contributed by atoms with Gasteiger partial charge in [0.25, 0.3) is 0 Å². The highest BCUT2D eigenvalue weighted by Crippen LogP contribution is 2.24. The molecule has 1 aromatic carbocycles. The Balaban J connectivity index is 1.57.